The molecule has 0 aliphatic heterocycles. The molecule has 0 aliphatic carbocycles. The normalized spacial score (nSPS) is 10.4. The molecule has 0 saturated carbocycles. The maximum Gasteiger partial charge on any atom is 0.258 e. The highest BCUT2D eigenvalue weighted by atomic mass is 79.9. The van der Waals surface area contributed by atoms with E-state index in [1.807, 2.05) is 23.6 Å². The Morgan fingerprint density at radius 3 is 2.52 bits per heavy atom. The highest BCUT2D eigenvalue weighted by Crippen LogP contribution is 2.44. The lowest BCUT2D eigenvalue weighted by atomic mass is 10.1. The summed E-state index contributed by atoms with van der Waals surface area (Å²) < 4.78 is 16.4. The number of thiazole rings is 1. The first-order chi connectivity index (χ1) is 13.1. The van der Waals surface area contributed by atoms with E-state index in [0.29, 0.717) is 38.1 Å². The van der Waals surface area contributed by atoms with Crippen molar-refractivity contribution in [2.75, 3.05) is 26.6 Å². The maximum atomic E-state index is 12.8. The molecule has 1 N–H and O–H groups in total. The van der Waals surface area contributed by atoms with E-state index < -0.39 is 0 Å². The summed E-state index contributed by atoms with van der Waals surface area (Å²) in [5.41, 5.74) is 1.77. The van der Waals surface area contributed by atoms with Gasteiger partial charge >= 0.3 is 0 Å². The van der Waals surface area contributed by atoms with Crippen molar-refractivity contribution in [2.45, 2.75) is 0 Å². The number of hydrogen-bond donors (Lipinski definition) is 1. The van der Waals surface area contributed by atoms with Gasteiger partial charge in [0.25, 0.3) is 5.91 Å². The number of amides is 1. The Hall–Kier alpha value is -2.65. The van der Waals surface area contributed by atoms with Gasteiger partial charge in [0.2, 0.25) is 5.75 Å². The molecule has 0 unspecified atom stereocenters. The van der Waals surface area contributed by atoms with Crippen molar-refractivity contribution >= 4 is 38.3 Å². The molecule has 0 spiro atoms. The second-order valence-corrected chi connectivity index (χ2v) is 6.86. The van der Waals surface area contributed by atoms with Crippen LogP contribution in [0.2, 0.25) is 0 Å². The predicted molar refractivity (Wildman–Crippen MR) is 107 cm³/mol. The highest BCUT2D eigenvalue weighted by Gasteiger charge is 2.23. The van der Waals surface area contributed by atoms with Crippen LogP contribution in [-0.2, 0) is 0 Å². The number of ether oxygens (including phenoxy) is 3. The van der Waals surface area contributed by atoms with Gasteiger partial charge in [-0.25, -0.2) is 4.98 Å². The molecular weight excluding hydrogens is 434 g/mol. The summed E-state index contributed by atoms with van der Waals surface area (Å²) in [6.45, 7) is 0. The zero-order valence-electron chi connectivity index (χ0n) is 14.8. The van der Waals surface area contributed by atoms with Crippen molar-refractivity contribution < 1.29 is 19.0 Å². The Morgan fingerprint density at radius 1 is 1.11 bits per heavy atom. The Balaban J connectivity index is 1.90. The topological polar surface area (TPSA) is 82.6 Å². The lowest BCUT2D eigenvalue weighted by Gasteiger charge is -2.16. The van der Waals surface area contributed by atoms with Crippen LogP contribution < -0.4 is 19.5 Å². The van der Waals surface area contributed by atoms with Crippen LogP contribution >= 0.6 is 27.3 Å². The van der Waals surface area contributed by atoms with E-state index in [-0.39, 0.29) is 5.91 Å². The Kier molecular flexibility index (Phi) is 5.92. The molecular formula is C18H16BrN3O4S. The van der Waals surface area contributed by atoms with Crippen molar-refractivity contribution in [3.63, 3.8) is 0 Å². The van der Waals surface area contributed by atoms with Gasteiger partial charge in [-0.05, 0) is 34.1 Å². The van der Waals surface area contributed by atoms with Crippen LogP contribution in [0.25, 0.3) is 11.4 Å². The minimum atomic E-state index is -0.358. The number of nitrogens with one attached hydrogen (secondary N) is 1. The number of benzene rings is 1. The minimum absolute atomic E-state index is 0.332. The Labute approximate surface area is 168 Å². The van der Waals surface area contributed by atoms with Crippen LogP contribution in [0.1, 0.15) is 10.4 Å². The fourth-order valence-electron chi connectivity index (χ4n) is 2.41. The first-order valence-electron chi connectivity index (χ1n) is 7.75. The lowest BCUT2D eigenvalue weighted by molar-refractivity contribution is 0.102. The van der Waals surface area contributed by atoms with Gasteiger partial charge < -0.3 is 14.2 Å². The van der Waals surface area contributed by atoms with Gasteiger partial charge in [-0.1, -0.05) is 6.07 Å². The molecule has 0 aliphatic rings. The monoisotopic (exact) mass is 449 g/mol. The van der Waals surface area contributed by atoms with E-state index in [1.165, 1.54) is 32.7 Å². The molecule has 2 heterocycles. The van der Waals surface area contributed by atoms with E-state index >= 15 is 0 Å². The molecule has 0 bridgehead atoms. The standard InChI is InChI=1S/C18H16BrN3O4S/c1-24-13-8-10(14(19)16(26-3)15(13)25-2)17(23)22-18-21-12(9-27-18)11-6-4-5-7-20-11/h4-9H,1-3H3,(H,21,22,23). The summed E-state index contributed by atoms with van der Waals surface area (Å²) in [5.74, 6) is 0.796. The number of aromatic nitrogens is 2. The Bertz CT molecular complexity index is 963. The molecule has 1 amide bonds. The SMILES string of the molecule is COc1cc(C(=O)Nc2nc(-c3ccccn3)cs2)c(Br)c(OC)c1OC. The highest BCUT2D eigenvalue weighted by molar-refractivity contribution is 9.10. The van der Waals surface area contributed by atoms with Crippen molar-refractivity contribution in [2.24, 2.45) is 0 Å². The largest absolute Gasteiger partial charge is 0.493 e. The van der Waals surface area contributed by atoms with Gasteiger partial charge in [0.05, 0.1) is 37.1 Å². The zero-order chi connectivity index (χ0) is 19.4. The Morgan fingerprint density at radius 2 is 1.89 bits per heavy atom. The maximum absolute atomic E-state index is 12.8. The molecule has 1 aromatic carbocycles. The van der Waals surface area contributed by atoms with Crippen LogP contribution in [-0.4, -0.2) is 37.2 Å². The van der Waals surface area contributed by atoms with Crippen molar-refractivity contribution in [3.8, 4) is 28.6 Å². The van der Waals surface area contributed by atoms with Crippen molar-refractivity contribution in [3.05, 3.63) is 45.9 Å². The number of hydrogen-bond acceptors (Lipinski definition) is 7. The second kappa shape index (κ2) is 8.36. The van der Waals surface area contributed by atoms with Crippen LogP contribution in [0, 0.1) is 0 Å². The summed E-state index contributed by atoms with van der Waals surface area (Å²) in [6.07, 6.45) is 1.69. The number of carbonyl (C=O) groups excluding carboxylic acids is 1. The summed E-state index contributed by atoms with van der Waals surface area (Å²) in [5, 5.41) is 5.08. The summed E-state index contributed by atoms with van der Waals surface area (Å²) in [6, 6.07) is 7.15. The van der Waals surface area contributed by atoms with Crippen LogP contribution in [0.3, 0.4) is 0 Å². The molecule has 0 atom stereocenters. The fourth-order valence-corrected chi connectivity index (χ4v) is 3.75. The molecule has 27 heavy (non-hydrogen) atoms. The molecule has 0 radical (unpaired) electrons. The van der Waals surface area contributed by atoms with Crippen LogP contribution in [0.4, 0.5) is 5.13 Å². The first-order valence-corrected chi connectivity index (χ1v) is 9.43. The smallest absolute Gasteiger partial charge is 0.258 e. The van der Waals surface area contributed by atoms with E-state index in [1.54, 1.807) is 12.3 Å². The van der Waals surface area contributed by atoms with Gasteiger partial charge in [0.1, 0.15) is 5.69 Å². The molecule has 9 heteroatoms. The third-order valence-electron chi connectivity index (χ3n) is 3.67. The fraction of sp³-hybridized carbons (Fsp3) is 0.167. The molecule has 7 nitrogen and oxygen atoms in total. The third kappa shape index (κ3) is 3.88. The average Bonchev–Trinajstić information content (AvgIpc) is 3.16. The molecule has 3 rings (SSSR count). The molecule has 2 aromatic heterocycles. The number of anilines is 1. The first kappa shape index (κ1) is 19.1. The summed E-state index contributed by atoms with van der Waals surface area (Å²) in [4.78, 5) is 21.4. The van der Waals surface area contributed by atoms with Gasteiger partial charge in [-0.15, -0.1) is 11.3 Å². The van der Waals surface area contributed by atoms with E-state index in [2.05, 4.69) is 31.2 Å². The molecule has 0 fully saturated rings. The van der Waals surface area contributed by atoms with E-state index in [0.717, 1.165) is 5.69 Å². The lowest BCUT2D eigenvalue weighted by Crippen LogP contribution is -2.13. The summed E-state index contributed by atoms with van der Waals surface area (Å²) in [7, 11) is 4.48. The van der Waals surface area contributed by atoms with Gasteiger partial charge in [0, 0.05) is 11.6 Å². The molecule has 3 aromatic rings. The van der Waals surface area contributed by atoms with Crippen molar-refractivity contribution in [1.82, 2.24) is 9.97 Å². The quantitative estimate of drug-likeness (QED) is 0.605. The van der Waals surface area contributed by atoms with Crippen LogP contribution in [0.15, 0.2) is 40.3 Å². The number of carbonyl (C=O) groups is 1. The zero-order valence-corrected chi connectivity index (χ0v) is 17.2. The predicted octanol–water partition coefficient (Wildman–Crippen LogP) is 4.25. The van der Waals surface area contributed by atoms with E-state index in [4.69, 9.17) is 14.2 Å². The summed E-state index contributed by atoms with van der Waals surface area (Å²) >= 11 is 4.72. The van der Waals surface area contributed by atoms with Crippen molar-refractivity contribution in [1.29, 1.82) is 0 Å². The van der Waals surface area contributed by atoms with Crippen LogP contribution in [0.5, 0.6) is 17.2 Å². The minimum Gasteiger partial charge on any atom is -0.493 e. The number of halogens is 1. The number of pyridine rings is 1. The van der Waals surface area contributed by atoms with Gasteiger partial charge in [-0.3, -0.25) is 15.1 Å². The average molecular weight is 450 g/mol. The second-order valence-electron chi connectivity index (χ2n) is 5.21. The molecule has 0 saturated heterocycles. The van der Waals surface area contributed by atoms with Gasteiger partial charge in [0.15, 0.2) is 16.6 Å². The van der Waals surface area contributed by atoms with E-state index in [9.17, 15) is 4.79 Å². The third-order valence-corrected chi connectivity index (χ3v) is 5.21. The number of nitrogens with zero attached hydrogens (tertiary/aromatic N) is 2. The molecule has 140 valence electrons. The number of methoxy groups -OCH3 is 3. The van der Waals surface area contributed by atoms with Gasteiger partial charge in [-0.2, -0.15) is 0 Å². The number of rotatable bonds is 6.